The van der Waals surface area contributed by atoms with Gasteiger partial charge in [0, 0.05) is 32.0 Å². The number of carbonyl (C=O) groups is 2. The van der Waals surface area contributed by atoms with Crippen molar-refractivity contribution in [2.75, 3.05) is 19.6 Å². The Kier molecular flexibility index (Phi) is 3.87. The van der Waals surface area contributed by atoms with Gasteiger partial charge in [-0.3, -0.25) is 14.6 Å². The molecule has 1 aromatic rings. The van der Waals surface area contributed by atoms with Crippen LogP contribution in [0.3, 0.4) is 0 Å². The van der Waals surface area contributed by atoms with E-state index in [4.69, 9.17) is 0 Å². The SMILES string of the molecule is Cn1cccc1C1CCCN1CCN1C(=O)NC2(CCCC2)C1=O. The molecular formula is C18H26N4O2. The molecule has 1 N–H and O–H groups in total. The molecule has 6 nitrogen and oxygen atoms in total. The Balaban J connectivity index is 1.42. The first kappa shape index (κ1) is 15.7. The van der Waals surface area contributed by atoms with Crippen LogP contribution in [0.4, 0.5) is 4.79 Å². The van der Waals surface area contributed by atoms with Crippen molar-refractivity contribution in [1.29, 1.82) is 0 Å². The van der Waals surface area contributed by atoms with E-state index < -0.39 is 5.54 Å². The zero-order chi connectivity index (χ0) is 16.7. The first-order valence-electron chi connectivity index (χ1n) is 9.10. The van der Waals surface area contributed by atoms with Crippen LogP contribution in [0.5, 0.6) is 0 Å². The van der Waals surface area contributed by atoms with Crippen LogP contribution in [-0.2, 0) is 11.8 Å². The van der Waals surface area contributed by atoms with Crippen LogP contribution >= 0.6 is 0 Å². The maximum absolute atomic E-state index is 12.7. The fourth-order valence-electron chi connectivity index (χ4n) is 4.67. The Morgan fingerprint density at radius 2 is 2.00 bits per heavy atom. The number of imide groups is 1. The Hall–Kier alpha value is -1.82. The fraction of sp³-hybridized carbons (Fsp3) is 0.667. The molecule has 6 heteroatoms. The van der Waals surface area contributed by atoms with E-state index in [1.165, 1.54) is 17.0 Å². The van der Waals surface area contributed by atoms with Crippen LogP contribution in [0.1, 0.15) is 50.3 Å². The van der Waals surface area contributed by atoms with Crippen molar-refractivity contribution >= 4 is 11.9 Å². The minimum Gasteiger partial charge on any atom is -0.353 e. The Morgan fingerprint density at radius 3 is 2.71 bits per heavy atom. The van der Waals surface area contributed by atoms with E-state index in [9.17, 15) is 9.59 Å². The normalized spacial score (nSPS) is 26.7. The fourth-order valence-corrected chi connectivity index (χ4v) is 4.67. The van der Waals surface area contributed by atoms with Gasteiger partial charge in [-0.1, -0.05) is 12.8 Å². The average molecular weight is 330 g/mol. The number of likely N-dealkylation sites (tertiary alicyclic amines) is 1. The van der Waals surface area contributed by atoms with Crippen LogP contribution in [0.25, 0.3) is 0 Å². The van der Waals surface area contributed by atoms with Gasteiger partial charge in [0.05, 0.1) is 6.04 Å². The van der Waals surface area contributed by atoms with Crippen molar-refractivity contribution in [2.24, 2.45) is 7.05 Å². The number of aromatic nitrogens is 1. The standard InChI is InChI=1S/C18H26N4O2/c1-20-10-4-6-14(20)15-7-5-11-21(15)12-13-22-16(23)18(19-17(22)24)8-2-3-9-18/h4,6,10,15H,2-3,5,7-9,11-13H2,1H3,(H,19,24). The summed E-state index contributed by atoms with van der Waals surface area (Å²) in [7, 11) is 2.08. The highest BCUT2D eigenvalue weighted by molar-refractivity contribution is 6.07. The monoisotopic (exact) mass is 330 g/mol. The Bertz CT molecular complexity index is 647. The molecule has 1 saturated carbocycles. The summed E-state index contributed by atoms with van der Waals surface area (Å²) >= 11 is 0. The molecule has 3 heterocycles. The van der Waals surface area contributed by atoms with Crippen LogP contribution in [0.15, 0.2) is 18.3 Å². The van der Waals surface area contributed by atoms with E-state index in [1.54, 1.807) is 0 Å². The molecule has 1 atom stereocenters. The summed E-state index contributed by atoms with van der Waals surface area (Å²) in [4.78, 5) is 28.9. The van der Waals surface area contributed by atoms with E-state index in [1.807, 2.05) is 0 Å². The molecule has 3 amide bonds. The second-order valence-electron chi connectivity index (χ2n) is 7.41. The van der Waals surface area contributed by atoms with Gasteiger partial charge in [-0.05, 0) is 44.4 Å². The largest absolute Gasteiger partial charge is 0.353 e. The zero-order valence-corrected chi connectivity index (χ0v) is 14.3. The molecule has 130 valence electrons. The molecule has 0 radical (unpaired) electrons. The number of amides is 3. The topological polar surface area (TPSA) is 57.6 Å². The van der Waals surface area contributed by atoms with E-state index in [0.29, 0.717) is 12.6 Å². The minimum absolute atomic E-state index is 0.000358. The number of hydrogen-bond acceptors (Lipinski definition) is 3. The summed E-state index contributed by atoms with van der Waals surface area (Å²) in [6, 6.07) is 4.44. The highest BCUT2D eigenvalue weighted by Gasteiger charge is 2.52. The summed E-state index contributed by atoms with van der Waals surface area (Å²) < 4.78 is 2.17. The lowest BCUT2D eigenvalue weighted by molar-refractivity contribution is -0.131. The van der Waals surface area contributed by atoms with Crippen molar-refractivity contribution < 1.29 is 9.59 Å². The second-order valence-corrected chi connectivity index (χ2v) is 7.41. The lowest BCUT2D eigenvalue weighted by Gasteiger charge is -2.27. The average Bonchev–Trinajstić information content (AvgIpc) is 3.30. The van der Waals surface area contributed by atoms with Gasteiger partial charge in [0.2, 0.25) is 0 Å². The molecule has 1 aliphatic carbocycles. The smallest absolute Gasteiger partial charge is 0.325 e. The maximum Gasteiger partial charge on any atom is 0.325 e. The minimum atomic E-state index is -0.584. The molecule has 1 aromatic heterocycles. The molecule has 1 spiro atoms. The summed E-state index contributed by atoms with van der Waals surface area (Å²) in [5.74, 6) is -0.000358. The third-order valence-corrected chi connectivity index (χ3v) is 6.00. The number of hydrogen-bond donors (Lipinski definition) is 1. The Morgan fingerprint density at radius 1 is 1.21 bits per heavy atom. The third kappa shape index (κ3) is 2.44. The number of nitrogens with zero attached hydrogens (tertiary/aromatic N) is 3. The lowest BCUT2D eigenvalue weighted by atomic mass is 9.98. The predicted octanol–water partition coefficient (Wildman–Crippen LogP) is 2.03. The third-order valence-electron chi connectivity index (χ3n) is 6.00. The van der Waals surface area contributed by atoms with Crippen molar-refractivity contribution in [3.8, 4) is 0 Å². The van der Waals surface area contributed by atoms with Crippen molar-refractivity contribution in [3.63, 3.8) is 0 Å². The van der Waals surface area contributed by atoms with Gasteiger partial charge in [0.1, 0.15) is 5.54 Å². The number of nitrogens with one attached hydrogen (secondary N) is 1. The number of rotatable bonds is 4. The van der Waals surface area contributed by atoms with Gasteiger partial charge in [-0.25, -0.2) is 4.79 Å². The molecule has 2 aliphatic heterocycles. The van der Waals surface area contributed by atoms with Crippen molar-refractivity contribution in [2.45, 2.75) is 50.1 Å². The number of carbonyl (C=O) groups excluding carboxylic acids is 2. The Labute approximate surface area is 142 Å². The van der Waals surface area contributed by atoms with Crippen molar-refractivity contribution in [1.82, 2.24) is 19.7 Å². The van der Waals surface area contributed by atoms with Crippen LogP contribution in [0.2, 0.25) is 0 Å². The van der Waals surface area contributed by atoms with Gasteiger partial charge < -0.3 is 9.88 Å². The molecule has 2 saturated heterocycles. The molecule has 0 bridgehead atoms. The van der Waals surface area contributed by atoms with E-state index in [0.717, 1.165) is 45.2 Å². The van der Waals surface area contributed by atoms with E-state index in [2.05, 4.69) is 40.2 Å². The quantitative estimate of drug-likeness (QED) is 0.860. The predicted molar refractivity (Wildman–Crippen MR) is 90.4 cm³/mol. The molecule has 3 aliphatic rings. The van der Waals surface area contributed by atoms with Crippen LogP contribution < -0.4 is 5.32 Å². The van der Waals surface area contributed by atoms with Gasteiger partial charge in [0.25, 0.3) is 5.91 Å². The molecular weight excluding hydrogens is 304 g/mol. The highest BCUT2D eigenvalue weighted by Crippen LogP contribution is 2.35. The van der Waals surface area contributed by atoms with Crippen molar-refractivity contribution in [3.05, 3.63) is 24.0 Å². The van der Waals surface area contributed by atoms with E-state index >= 15 is 0 Å². The molecule has 4 rings (SSSR count). The van der Waals surface area contributed by atoms with Gasteiger partial charge in [-0.15, -0.1) is 0 Å². The maximum atomic E-state index is 12.7. The summed E-state index contributed by atoms with van der Waals surface area (Å²) in [6.07, 6.45) is 8.03. The van der Waals surface area contributed by atoms with Crippen LogP contribution in [0, 0.1) is 0 Å². The molecule has 3 fully saturated rings. The molecule has 24 heavy (non-hydrogen) atoms. The lowest BCUT2D eigenvalue weighted by Crippen LogP contribution is -2.44. The summed E-state index contributed by atoms with van der Waals surface area (Å²) in [5, 5.41) is 2.97. The summed E-state index contributed by atoms with van der Waals surface area (Å²) in [6.45, 7) is 2.28. The number of urea groups is 1. The second kappa shape index (κ2) is 5.92. The number of aryl methyl sites for hydroxylation is 1. The van der Waals surface area contributed by atoms with E-state index in [-0.39, 0.29) is 11.9 Å². The molecule has 0 aromatic carbocycles. The van der Waals surface area contributed by atoms with Gasteiger partial charge in [-0.2, -0.15) is 0 Å². The van der Waals surface area contributed by atoms with Crippen LogP contribution in [-0.4, -0.2) is 51.5 Å². The first-order valence-corrected chi connectivity index (χ1v) is 9.10. The summed E-state index contributed by atoms with van der Waals surface area (Å²) in [5.41, 5.74) is 0.733. The zero-order valence-electron chi connectivity index (χ0n) is 14.3. The highest BCUT2D eigenvalue weighted by atomic mass is 16.2. The molecule has 1 unspecified atom stereocenters. The van der Waals surface area contributed by atoms with Gasteiger partial charge in [0.15, 0.2) is 0 Å². The first-order chi connectivity index (χ1) is 11.6. The van der Waals surface area contributed by atoms with Gasteiger partial charge >= 0.3 is 6.03 Å².